The molecule has 0 N–H and O–H groups in total. The lowest BCUT2D eigenvalue weighted by Gasteiger charge is -1.98. The molecule has 0 saturated carbocycles. The largest absolute Gasteiger partial charge is 0.493 e. The number of nitrogens with zero attached hydrogens (tertiary/aromatic N) is 1. The van der Waals surface area contributed by atoms with E-state index in [1.807, 2.05) is 12.1 Å². The van der Waals surface area contributed by atoms with Crippen LogP contribution in [0.1, 0.15) is 0 Å². The highest BCUT2D eigenvalue weighted by Gasteiger charge is 2.14. The van der Waals surface area contributed by atoms with E-state index in [1.54, 1.807) is 19.2 Å². The van der Waals surface area contributed by atoms with Gasteiger partial charge in [0.2, 0.25) is 0 Å². The van der Waals surface area contributed by atoms with Gasteiger partial charge in [-0.05, 0) is 12.1 Å². The van der Waals surface area contributed by atoms with Gasteiger partial charge >= 0.3 is 0 Å². The molecule has 18 heavy (non-hydrogen) atoms. The maximum absolute atomic E-state index is 10.8. The Morgan fingerprint density at radius 3 is 2.78 bits per heavy atom. The van der Waals surface area contributed by atoms with Crippen molar-refractivity contribution in [2.24, 2.45) is 0 Å². The molecule has 0 unspecified atom stereocenters. The van der Waals surface area contributed by atoms with Gasteiger partial charge in [0.25, 0.3) is 5.69 Å². The summed E-state index contributed by atoms with van der Waals surface area (Å²) in [6.07, 6.45) is 0. The van der Waals surface area contributed by atoms with Crippen LogP contribution in [0.4, 0.5) is 5.69 Å². The molecule has 0 atom stereocenters. The Morgan fingerprint density at radius 1 is 1.22 bits per heavy atom. The Bertz CT molecular complexity index is 760. The van der Waals surface area contributed by atoms with Gasteiger partial charge in [0.1, 0.15) is 5.58 Å². The quantitative estimate of drug-likeness (QED) is 0.510. The number of hydrogen-bond acceptors (Lipinski definition) is 4. The second kappa shape index (κ2) is 3.73. The Labute approximate surface area is 102 Å². The first-order chi connectivity index (χ1) is 8.70. The molecule has 5 heteroatoms. The van der Waals surface area contributed by atoms with E-state index in [2.05, 4.69) is 0 Å². The molecular weight excluding hydrogens is 234 g/mol. The number of hydrogen-bond donors (Lipinski definition) is 0. The predicted octanol–water partition coefficient (Wildman–Crippen LogP) is 3.50. The maximum atomic E-state index is 10.8. The standard InChI is InChI=1S/C13H9NO4/c1-17-12-4-2-3-9-10-7-8(14(15)16)5-6-11(10)18-13(9)12/h2-7H,1H3. The van der Waals surface area contributed by atoms with Gasteiger partial charge in [-0.2, -0.15) is 0 Å². The molecule has 0 amide bonds. The summed E-state index contributed by atoms with van der Waals surface area (Å²) in [5.74, 6) is 0.617. The van der Waals surface area contributed by atoms with Crippen LogP contribution in [-0.2, 0) is 0 Å². The lowest BCUT2D eigenvalue weighted by molar-refractivity contribution is -0.384. The van der Waals surface area contributed by atoms with Crippen LogP contribution in [0.15, 0.2) is 40.8 Å². The Hall–Kier alpha value is -2.56. The van der Waals surface area contributed by atoms with Crippen molar-refractivity contribution in [3.8, 4) is 5.75 Å². The van der Waals surface area contributed by atoms with Gasteiger partial charge in [0, 0.05) is 22.9 Å². The van der Waals surface area contributed by atoms with Crippen molar-refractivity contribution in [2.45, 2.75) is 0 Å². The van der Waals surface area contributed by atoms with Crippen molar-refractivity contribution in [1.82, 2.24) is 0 Å². The van der Waals surface area contributed by atoms with E-state index in [9.17, 15) is 10.1 Å². The van der Waals surface area contributed by atoms with Gasteiger partial charge in [-0.15, -0.1) is 0 Å². The molecule has 0 fully saturated rings. The van der Waals surface area contributed by atoms with Gasteiger partial charge < -0.3 is 9.15 Å². The smallest absolute Gasteiger partial charge is 0.270 e. The second-order valence-corrected chi connectivity index (χ2v) is 3.88. The molecule has 0 aliphatic rings. The van der Waals surface area contributed by atoms with E-state index in [-0.39, 0.29) is 5.69 Å². The molecule has 0 spiro atoms. The topological polar surface area (TPSA) is 65.5 Å². The number of non-ortho nitro benzene ring substituents is 1. The summed E-state index contributed by atoms with van der Waals surface area (Å²) in [4.78, 5) is 10.4. The van der Waals surface area contributed by atoms with Crippen molar-refractivity contribution >= 4 is 27.6 Å². The van der Waals surface area contributed by atoms with Crippen LogP contribution in [0.5, 0.6) is 5.75 Å². The van der Waals surface area contributed by atoms with Crippen LogP contribution in [0, 0.1) is 10.1 Å². The molecule has 5 nitrogen and oxygen atoms in total. The van der Waals surface area contributed by atoms with E-state index in [0.29, 0.717) is 16.9 Å². The first kappa shape index (κ1) is 10.6. The van der Waals surface area contributed by atoms with Crippen LogP contribution in [0.25, 0.3) is 21.9 Å². The van der Waals surface area contributed by atoms with E-state index < -0.39 is 4.92 Å². The van der Waals surface area contributed by atoms with Crippen molar-refractivity contribution in [3.63, 3.8) is 0 Å². The summed E-state index contributed by atoms with van der Waals surface area (Å²) in [6, 6.07) is 10.0. The molecule has 1 heterocycles. The summed E-state index contributed by atoms with van der Waals surface area (Å²) in [7, 11) is 1.56. The minimum atomic E-state index is -0.418. The summed E-state index contributed by atoms with van der Waals surface area (Å²) < 4.78 is 10.9. The number of furan rings is 1. The summed E-state index contributed by atoms with van der Waals surface area (Å²) in [5, 5.41) is 12.3. The van der Waals surface area contributed by atoms with Gasteiger partial charge in [-0.1, -0.05) is 12.1 Å². The van der Waals surface area contributed by atoms with Crippen LogP contribution >= 0.6 is 0 Å². The average molecular weight is 243 g/mol. The number of benzene rings is 2. The SMILES string of the molecule is COc1cccc2c1oc1ccc([N+](=O)[O-])cc12. The molecule has 0 bridgehead atoms. The predicted molar refractivity (Wildman–Crippen MR) is 66.9 cm³/mol. The second-order valence-electron chi connectivity index (χ2n) is 3.88. The zero-order valence-electron chi connectivity index (χ0n) is 9.54. The number of nitro groups is 1. The van der Waals surface area contributed by atoms with Gasteiger partial charge in [-0.25, -0.2) is 0 Å². The fourth-order valence-electron chi connectivity index (χ4n) is 2.03. The third-order valence-electron chi connectivity index (χ3n) is 2.87. The zero-order valence-corrected chi connectivity index (χ0v) is 9.54. The van der Waals surface area contributed by atoms with Crippen molar-refractivity contribution in [3.05, 3.63) is 46.5 Å². The van der Waals surface area contributed by atoms with E-state index >= 15 is 0 Å². The molecule has 0 aliphatic heterocycles. The first-order valence-corrected chi connectivity index (χ1v) is 5.34. The molecule has 3 rings (SSSR count). The summed E-state index contributed by atoms with van der Waals surface area (Å²) in [6.45, 7) is 0. The van der Waals surface area contributed by atoms with E-state index in [1.165, 1.54) is 12.1 Å². The Morgan fingerprint density at radius 2 is 2.06 bits per heavy atom. The van der Waals surface area contributed by atoms with Gasteiger partial charge in [-0.3, -0.25) is 10.1 Å². The van der Waals surface area contributed by atoms with Crippen LogP contribution in [0.2, 0.25) is 0 Å². The Kier molecular flexibility index (Phi) is 2.19. The molecule has 2 aromatic carbocycles. The van der Waals surface area contributed by atoms with Gasteiger partial charge in [0.05, 0.1) is 12.0 Å². The van der Waals surface area contributed by atoms with Crippen LogP contribution in [0.3, 0.4) is 0 Å². The summed E-state index contributed by atoms with van der Waals surface area (Å²) >= 11 is 0. The fourth-order valence-corrected chi connectivity index (χ4v) is 2.03. The number of fused-ring (bicyclic) bond motifs is 3. The number of methoxy groups -OCH3 is 1. The summed E-state index contributed by atoms with van der Waals surface area (Å²) in [5.41, 5.74) is 1.27. The van der Waals surface area contributed by atoms with E-state index in [0.717, 1.165) is 10.8 Å². The van der Waals surface area contributed by atoms with Gasteiger partial charge in [0.15, 0.2) is 11.3 Å². The lowest BCUT2D eigenvalue weighted by Crippen LogP contribution is -1.86. The van der Waals surface area contributed by atoms with Crippen molar-refractivity contribution in [2.75, 3.05) is 7.11 Å². The molecule has 90 valence electrons. The monoisotopic (exact) mass is 243 g/mol. The number of ether oxygens (including phenoxy) is 1. The molecule has 1 aromatic heterocycles. The Balaban J connectivity index is 2.41. The van der Waals surface area contributed by atoms with Crippen molar-refractivity contribution < 1.29 is 14.1 Å². The third kappa shape index (κ3) is 1.41. The normalized spacial score (nSPS) is 10.9. The highest BCUT2D eigenvalue weighted by Crippen LogP contribution is 2.35. The minimum Gasteiger partial charge on any atom is -0.493 e. The molecule has 0 saturated heterocycles. The van der Waals surface area contributed by atoms with Crippen LogP contribution in [-0.4, -0.2) is 12.0 Å². The first-order valence-electron chi connectivity index (χ1n) is 5.34. The zero-order chi connectivity index (χ0) is 12.7. The highest BCUT2D eigenvalue weighted by atomic mass is 16.6. The molecule has 3 aromatic rings. The minimum absolute atomic E-state index is 0.0491. The van der Waals surface area contributed by atoms with Crippen molar-refractivity contribution in [1.29, 1.82) is 0 Å². The average Bonchev–Trinajstić information content (AvgIpc) is 2.76. The number of para-hydroxylation sites is 1. The highest BCUT2D eigenvalue weighted by molar-refractivity contribution is 6.07. The number of nitro benzene ring substituents is 1. The third-order valence-corrected chi connectivity index (χ3v) is 2.87. The molecule has 0 aliphatic carbocycles. The van der Waals surface area contributed by atoms with Crippen LogP contribution < -0.4 is 4.74 Å². The number of rotatable bonds is 2. The fraction of sp³-hybridized carbons (Fsp3) is 0.0769. The van der Waals surface area contributed by atoms with E-state index in [4.69, 9.17) is 9.15 Å². The molecular formula is C13H9NO4. The molecule has 0 radical (unpaired) electrons. The lowest BCUT2D eigenvalue weighted by atomic mass is 10.1. The maximum Gasteiger partial charge on any atom is 0.270 e.